The molecule has 0 radical (unpaired) electrons. The second kappa shape index (κ2) is 7.10. The number of hydrogen-bond acceptors (Lipinski definition) is 3. The molecule has 106 valence electrons. The minimum atomic E-state index is 0.00746. The van der Waals surface area contributed by atoms with E-state index in [2.05, 4.69) is 5.32 Å². The van der Waals surface area contributed by atoms with Crippen molar-refractivity contribution < 1.29 is 9.53 Å². The molecule has 2 rings (SSSR count). The van der Waals surface area contributed by atoms with Crippen molar-refractivity contribution in [2.75, 3.05) is 13.2 Å². The van der Waals surface area contributed by atoms with Gasteiger partial charge in [0.05, 0.1) is 11.5 Å². The van der Waals surface area contributed by atoms with E-state index in [9.17, 15) is 4.79 Å². The van der Waals surface area contributed by atoms with Crippen LogP contribution in [-0.4, -0.2) is 19.1 Å². The smallest absolute Gasteiger partial charge is 0.261 e. The Morgan fingerprint density at radius 2 is 2.15 bits per heavy atom. The number of carbonyl (C=O) groups is 1. The van der Waals surface area contributed by atoms with Crippen molar-refractivity contribution in [3.05, 3.63) is 51.7 Å². The molecule has 0 saturated heterocycles. The summed E-state index contributed by atoms with van der Waals surface area (Å²) in [5.41, 5.74) is 2.22. The second-order valence-electron chi connectivity index (χ2n) is 4.71. The summed E-state index contributed by atoms with van der Waals surface area (Å²) in [6.45, 7) is 5.22. The number of benzene rings is 1. The van der Waals surface area contributed by atoms with E-state index in [0.717, 1.165) is 22.6 Å². The number of nitrogens with one attached hydrogen (secondary N) is 1. The van der Waals surface area contributed by atoms with Crippen molar-refractivity contribution in [3.63, 3.8) is 0 Å². The second-order valence-corrected chi connectivity index (χ2v) is 5.62. The first-order valence-electron chi connectivity index (χ1n) is 6.68. The Kier molecular flexibility index (Phi) is 5.18. The molecule has 1 aromatic heterocycles. The molecule has 0 aliphatic heterocycles. The van der Waals surface area contributed by atoms with Gasteiger partial charge in [0, 0.05) is 6.54 Å². The number of hydrogen-bond donors (Lipinski definition) is 1. The number of ether oxygens (including phenoxy) is 1. The summed E-state index contributed by atoms with van der Waals surface area (Å²) in [6.07, 6.45) is 0.796. The Morgan fingerprint density at radius 1 is 1.30 bits per heavy atom. The van der Waals surface area contributed by atoms with Gasteiger partial charge in [-0.15, -0.1) is 11.3 Å². The molecule has 0 unspecified atom stereocenters. The molecule has 1 aromatic carbocycles. The van der Waals surface area contributed by atoms with Gasteiger partial charge in [-0.1, -0.05) is 12.1 Å². The molecular weight excluding hydrogens is 270 g/mol. The summed E-state index contributed by atoms with van der Waals surface area (Å²) >= 11 is 1.48. The predicted octanol–water partition coefficient (Wildman–Crippen LogP) is 3.56. The van der Waals surface area contributed by atoms with Crippen molar-refractivity contribution >= 4 is 17.2 Å². The SMILES string of the molecule is Cc1cccc(OCCCNC(=O)c2sccc2C)c1. The summed E-state index contributed by atoms with van der Waals surface area (Å²) in [6, 6.07) is 9.93. The highest BCUT2D eigenvalue weighted by molar-refractivity contribution is 7.12. The Labute approximate surface area is 123 Å². The zero-order valence-electron chi connectivity index (χ0n) is 11.8. The third kappa shape index (κ3) is 4.10. The van der Waals surface area contributed by atoms with Crippen LogP contribution in [0.25, 0.3) is 0 Å². The maximum absolute atomic E-state index is 11.9. The number of rotatable bonds is 6. The minimum absolute atomic E-state index is 0.00746. The maximum atomic E-state index is 11.9. The highest BCUT2D eigenvalue weighted by atomic mass is 32.1. The molecule has 0 bridgehead atoms. The van der Waals surface area contributed by atoms with Crippen LogP contribution in [0.4, 0.5) is 0 Å². The number of carbonyl (C=O) groups excluding carboxylic acids is 1. The van der Waals surface area contributed by atoms with E-state index in [1.54, 1.807) is 0 Å². The fourth-order valence-electron chi connectivity index (χ4n) is 1.85. The first kappa shape index (κ1) is 14.6. The van der Waals surface area contributed by atoms with Crippen molar-refractivity contribution in [1.29, 1.82) is 0 Å². The summed E-state index contributed by atoms with van der Waals surface area (Å²) in [7, 11) is 0. The van der Waals surface area contributed by atoms with E-state index < -0.39 is 0 Å². The summed E-state index contributed by atoms with van der Waals surface area (Å²) in [5.74, 6) is 0.887. The van der Waals surface area contributed by atoms with Crippen LogP contribution in [-0.2, 0) is 0 Å². The van der Waals surface area contributed by atoms with Crippen LogP contribution in [0, 0.1) is 13.8 Å². The normalized spacial score (nSPS) is 10.3. The monoisotopic (exact) mass is 289 g/mol. The van der Waals surface area contributed by atoms with Crippen LogP contribution in [0.15, 0.2) is 35.7 Å². The van der Waals surface area contributed by atoms with Crippen LogP contribution in [0.2, 0.25) is 0 Å². The molecule has 1 amide bonds. The fourth-order valence-corrected chi connectivity index (χ4v) is 2.70. The van der Waals surface area contributed by atoms with Gasteiger partial charge in [0.15, 0.2) is 0 Å². The molecule has 0 atom stereocenters. The Morgan fingerprint density at radius 3 is 2.85 bits per heavy atom. The average molecular weight is 289 g/mol. The first-order valence-corrected chi connectivity index (χ1v) is 7.56. The first-order chi connectivity index (χ1) is 9.66. The third-order valence-electron chi connectivity index (χ3n) is 2.93. The summed E-state index contributed by atoms with van der Waals surface area (Å²) in [4.78, 5) is 12.7. The molecule has 0 aliphatic rings. The van der Waals surface area contributed by atoms with Gasteiger partial charge in [0.2, 0.25) is 0 Å². The van der Waals surface area contributed by atoms with E-state index in [4.69, 9.17) is 4.74 Å². The van der Waals surface area contributed by atoms with Crippen LogP contribution in [0.1, 0.15) is 27.2 Å². The molecule has 0 fully saturated rings. The van der Waals surface area contributed by atoms with Gasteiger partial charge < -0.3 is 10.1 Å². The van der Waals surface area contributed by atoms with Gasteiger partial charge in [-0.2, -0.15) is 0 Å². The van der Waals surface area contributed by atoms with E-state index in [0.29, 0.717) is 13.2 Å². The molecule has 0 saturated carbocycles. The Balaban J connectivity index is 1.67. The summed E-state index contributed by atoms with van der Waals surface area (Å²) < 4.78 is 5.63. The third-order valence-corrected chi connectivity index (χ3v) is 3.95. The number of amides is 1. The zero-order chi connectivity index (χ0) is 14.4. The van der Waals surface area contributed by atoms with Gasteiger partial charge in [-0.3, -0.25) is 4.79 Å². The average Bonchev–Trinajstić information content (AvgIpc) is 2.84. The predicted molar refractivity (Wildman–Crippen MR) is 82.7 cm³/mol. The lowest BCUT2D eigenvalue weighted by atomic mass is 10.2. The van der Waals surface area contributed by atoms with Gasteiger partial charge in [0.25, 0.3) is 5.91 Å². The zero-order valence-corrected chi connectivity index (χ0v) is 12.6. The van der Waals surface area contributed by atoms with Gasteiger partial charge in [-0.05, 0) is 55.0 Å². The van der Waals surface area contributed by atoms with Crippen molar-refractivity contribution in [1.82, 2.24) is 5.32 Å². The van der Waals surface area contributed by atoms with Gasteiger partial charge in [-0.25, -0.2) is 0 Å². The van der Waals surface area contributed by atoms with Crippen molar-refractivity contribution in [2.45, 2.75) is 20.3 Å². The number of aryl methyl sites for hydroxylation is 2. The molecule has 0 aliphatic carbocycles. The standard InChI is InChI=1S/C16H19NO2S/c1-12-5-3-6-14(11-12)19-9-4-8-17-16(18)15-13(2)7-10-20-15/h3,5-7,10-11H,4,8-9H2,1-2H3,(H,17,18). The summed E-state index contributed by atoms with van der Waals surface area (Å²) in [5, 5.41) is 4.85. The highest BCUT2D eigenvalue weighted by Gasteiger charge is 2.08. The van der Waals surface area contributed by atoms with Gasteiger partial charge >= 0.3 is 0 Å². The molecule has 2 aromatic rings. The molecular formula is C16H19NO2S. The quantitative estimate of drug-likeness (QED) is 0.826. The van der Waals surface area contributed by atoms with E-state index in [-0.39, 0.29) is 5.91 Å². The molecule has 20 heavy (non-hydrogen) atoms. The lowest BCUT2D eigenvalue weighted by Gasteiger charge is -2.07. The molecule has 3 nitrogen and oxygen atoms in total. The topological polar surface area (TPSA) is 38.3 Å². The highest BCUT2D eigenvalue weighted by Crippen LogP contribution is 2.15. The lowest BCUT2D eigenvalue weighted by molar-refractivity contribution is 0.0955. The fraction of sp³-hybridized carbons (Fsp3) is 0.312. The molecule has 0 spiro atoms. The van der Waals surface area contributed by atoms with Crippen LogP contribution in [0.5, 0.6) is 5.75 Å². The Bertz CT molecular complexity index is 577. The van der Waals surface area contributed by atoms with Gasteiger partial charge in [0.1, 0.15) is 5.75 Å². The Hall–Kier alpha value is -1.81. The van der Waals surface area contributed by atoms with E-state index in [1.807, 2.05) is 49.6 Å². The number of thiophene rings is 1. The van der Waals surface area contributed by atoms with E-state index >= 15 is 0 Å². The lowest BCUT2D eigenvalue weighted by Crippen LogP contribution is -2.25. The minimum Gasteiger partial charge on any atom is -0.494 e. The molecule has 1 N–H and O–H groups in total. The largest absolute Gasteiger partial charge is 0.494 e. The van der Waals surface area contributed by atoms with Crippen LogP contribution >= 0.6 is 11.3 Å². The van der Waals surface area contributed by atoms with Crippen molar-refractivity contribution in [2.24, 2.45) is 0 Å². The molecule has 4 heteroatoms. The van der Waals surface area contributed by atoms with Crippen LogP contribution in [0.3, 0.4) is 0 Å². The van der Waals surface area contributed by atoms with Crippen LogP contribution < -0.4 is 10.1 Å². The van der Waals surface area contributed by atoms with Crippen molar-refractivity contribution in [3.8, 4) is 5.75 Å². The maximum Gasteiger partial charge on any atom is 0.261 e. The van der Waals surface area contributed by atoms with E-state index in [1.165, 1.54) is 16.9 Å². The molecule has 1 heterocycles.